The summed E-state index contributed by atoms with van der Waals surface area (Å²) < 4.78 is 0. The summed E-state index contributed by atoms with van der Waals surface area (Å²) in [5.41, 5.74) is 0. The Labute approximate surface area is 96.2 Å². The first-order valence-corrected chi connectivity index (χ1v) is 6.29. The number of unbranched alkanes of at least 4 members (excludes halogenated alkanes) is 1. The van der Waals surface area contributed by atoms with Gasteiger partial charge < -0.3 is 10.4 Å². The third-order valence-corrected chi connectivity index (χ3v) is 3.12. The molecule has 0 heterocycles. The van der Waals surface area contributed by atoms with Crippen molar-refractivity contribution in [2.75, 3.05) is 5.88 Å². The van der Waals surface area contributed by atoms with E-state index in [4.69, 9.17) is 11.6 Å². The first kappa shape index (κ1) is 12.8. The van der Waals surface area contributed by atoms with Crippen molar-refractivity contribution in [3.8, 4) is 0 Å². The Morgan fingerprint density at radius 1 is 1.27 bits per heavy atom. The van der Waals surface area contributed by atoms with Gasteiger partial charge in [0.1, 0.15) is 0 Å². The number of carbonyl (C=O) groups excluding carboxylic acids is 1. The summed E-state index contributed by atoms with van der Waals surface area (Å²) >= 11 is 5.53. The quantitative estimate of drug-likeness (QED) is 0.562. The van der Waals surface area contributed by atoms with Crippen LogP contribution < -0.4 is 5.32 Å². The Morgan fingerprint density at radius 3 is 2.53 bits per heavy atom. The second kappa shape index (κ2) is 7.07. The molecule has 1 aliphatic carbocycles. The highest BCUT2D eigenvalue weighted by Gasteiger charge is 2.20. The van der Waals surface area contributed by atoms with E-state index in [9.17, 15) is 9.90 Å². The van der Waals surface area contributed by atoms with Crippen molar-refractivity contribution in [1.29, 1.82) is 0 Å². The lowest BCUT2D eigenvalue weighted by Gasteiger charge is -2.26. The number of halogens is 1. The zero-order valence-electron chi connectivity index (χ0n) is 9.04. The molecular weight excluding hydrogens is 214 g/mol. The molecule has 1 amide bonds. The molecule has 0 aromatic carbocycles. The fourth-order valence-electron chi connectivity index (χ4n) is 1.90. The van der Waals surface area contributed by atoms with Crippen molar-refractivity contribution in [3.63, 3.8) is 0 Å². The van der Waals surface area contributed by atoms with E-state index < -0.39 is 0 Å². The number of carbonyl (C=O) groups is 1. The topological polar surface area (TPSA) is 49.3 Å². The highest BCUT2D eigenvalue weighted by molar-refractivity contribution is 6.17. The minimum Gasteiger partial charge on any atom is -0.393 e. The summed E-state index contributed by atoms with van der Waals surface area (Å²) in [7, 11) is 0. The van der Waals surface area contributed by atoms with Gasteiger partial charge in [-0.3, -0.25) is 4.79 Å². The maximum atomic E-state index is 11.5. The van der Waals surface area contributed by atoms with Crippen LogP contribution in [0.15, 0.2) is 0 Å². The van der Waals surface area contributed by atoms with Gasteiger partial charge in [-0.25, -0.2) is 0 Å². The largest absolute Gasteiger partial charge is 0.393 e. The monoisotopic (exact) mass is 233 g/mol. The van der Waals surface area contributed by atoms with Gasteiger partial charge in [0.2, 0.25) is 5.91 Å². The van der Waals surface area contributed by atoms with Crippen LogP contribution in [0.5, 0.6) is 0 Å². The molecule has 0 atom stereocenters. The Hall–Kier alpha value is -0.280. The van der Waals surface area contributed by atoms with Gasteiger partial charge in [0.25, 0.3) is 0 Å². The molecule has 0 spiro atoms. The molecule has 1 saturated carbocycles. The minimum absolute atomic E-state index is 0.126. The number of hydrogen-bond acceptors (Lipinski definition) is 2. The molecule has 2 N–H and O–H groups in total. The molecule has 0 saturated heterocycles. The number of aliphatic hydroxyl groups is 1. The van der Waals surface area contributed by atoms with Gasteiger partial charge in [0.05, 0.1) is 6.10 Å². The average molecular weight is 234 g/mol. The third-order valence-electron chi connectivity index (χ3n) is 2.85. The normalized spacial score (nSPS) is 26.3. The molecule has 3 nitrogen and oxygen atoms in total. The summed E-state index contributed by atoms with van der Waals surface area (Å²) in [6.45, 7) is 0. The second-order valence-electron chi connectivity index (χ2n) is 4.22. The summed E-state index contributed by atoms with van der Waals surface area (Å²) in [5, 5.41) is 12.3. The van der Waals surface area contributed by atoms with Crippen LogP contribution in [0.2, 0.25) is 0 Å². The molecule has 1 aliphatic rings. The van der Waals surface area contributed by atoms with Crippen molar-refractivity contribution in [2.45, 2.75) is 57.1 Å². The van der Waals surface area contributed by atoms with Crippen LogP contribution in [0.25, 0.3) is 0 Å². The van der Waals surface area contributed by atoms with Crippen LogP contribution in [0, 0.1) is 0 Å². The lowest BCUT2D eigenvalue weighted by molar-refractivity contribution is -0.122. The number of hydrogen-bond donors (Lipinski definition) is 2. The van der Waals surface area contributed by atoms with Gasteiger partial charge >= 0.3 is 0 Å². The maximum Gasteiger partial charge on any atom is 0.220 e. The number of rotatable bonds is 5. The summed E-state index contributed by atoms with van der Waals surface area (Å²) in [6.07, 6.45) is 5.62. The van der Waals surface area contributed by atoms with E-state index in [1.54, 1.807) is 0 Å². The summed E-state index contributed by atoms with van der Waals surface area (Å²) in [4.78, 5) is 11.5. The number of alkyl halides is 1. The molecule has 0 unspecified atom stereocenters. The van der Waals surface area contributed by atoms with Gasteiger partial charge in [-0.2, -0.15) is 0 Å². The van der Waals surface area contributed by atoms with Crippen molar-refractivity contribution in [3.05, 3.63) is 0 Å². The molecule has 0 bridgehead atoms. The highest BCUT2D eigenvalue weighted by Crippen LogP contribution is 2.18. The first-order chi connectivity index (χ1) is 7.22. The van der Waals surface area contributed by atoms with Crippen LogP contribution in [-0.2, 0) is 4.79 Å². The highest BCUT2D eigenvalue weighted by atomic mass is 35.5. The minimum atomic E-state index is -0.158. The summed E-state index contributed by atoms with van der Waals surface area (Å²) in [5.74, 6) is 0.754. The van der Waals surface area contributed by atoms with Gasteiger partial charge in [-0.05, 0) is 38.5 Å². The van der Waals surface area contributed by atoms with E-state index in [-0.39, 0.29) is 18.1 Å². The smallest absolute Gasteiger partial charge is 0.220 e. The number of aliphatic hydroxyl groups excluding tert-OH is 1. The number of nitrogens with one attached hydrogen (secondary N) is 1. The van der Waals surface area contributed by atoms with Crippen molar-refractivity contribution < 1.29 is 9.90 Å². The lowest BCUT2D eigenvalue weighted by atomic mass is 9.93. The number of amides is 1. The van der Waals surface area contributed by atoms with E-state index in [1.807, 2.05) is 0 Å². The first-order valence-electron chi connectivity index (χ1n) is 5.75. The Kier molecular flexibility index (Phi) is 6.03. The fourth-order valence-corrected chi connectivity index (χ4v) is 2.09. The van der Waals surface area contributed by atoms with Crippen LogP contribution in [0.3, 0.4) is 0 Å². The van der Waals surface area contributed by atoms with E-state index in [0.29, 0.717) is 12.3 Å². The predicted octanol–water partition coefficient (Wildman–Crippen LogP) is 1.82. The zero-order valence-corrected chi connectivity index (χ0v) is 9.80. The predicted molar refractivity (Wildman–Crippen MR) is 61.0 cm³/mol. The molecule has 0 aromatic heterocycles. The SMILES string of the molecule is O=C(CCCCCl)NC1CCC(O)CC1. The third kappa shape index (κ3) is 5.38. The lowest BCUT2D eigenvalue weighted by Crippen LogP contribution is -2.38. The Bertz CT molecular complexity index is 191. The molecule has 1 fully saturated rings. The van der Waals surface area contributed by atoms with Crippen molar-refractivity contribution in [2.24, 2.45) is 0 Å². The molecule has 88 valence electrons. The van der Waals surface area contributed by atoms with E-state index >= 15 is 0 Å². The molecule has 4 heteroatoms. The second-order valence-corrected chi connectivity index (χ2v) is 4.60. The van der Waals surface area contributed by atoms with Crippen molar-refractivity contribution in [1.82, 2.24) is 5.32 Å². The van der Waals surface area contributed by atoms with Crippen LogP contribution >= 0.6 is 11.6 Å². The zero-order chi connectivity index (χ0) is 11.1. The van der Waals surface area contributed by atoms with Gasteiger partial charge in [0, 0.05) is 18.3 Å². The Balaban J connectivity index is 2.09. The fraction of sp³-hybridized carbons (Fsp3) is 0.909. The van der Waals surface area contributed by atoms with Gasteiger partial charge in [0.15, 0.2) is 0 Å². The standard InChI is InChI=1S/C11H20ClNO2/c12-8-2-1-3-11(15)13-9-4-6-10(14)7-5-9/h9-10,14H,1-8H2,(H,13,15). The summed E-state index contributed by atoms with van der Waals surface area (Å²) in [6, 6.07) is 0.275. The molecule has 0 aliphatic heterocycles. The van der Waals surface area contributed by atoms with Gasteiger partial charge in [-0.15, -0.1) is 11.6 Å². The van der Waals surface area contributed by atoms with Crippen LogP contribution in [-0.4, -0.2) is 29.0 Å². The molecule has 1 rings (SSSR count). The van der Waals surface area contributed by atoms with Gasteiger partial charge in [-0.1, -0.05) is 0 Å². The Morgan fingerprint density at radius 2 is 1.93 bits per heavy atom. The maximum absolute atomic E-state index is 11.5. The average Bonchev–Trinajstić information content (AvgIpc) is 2.22. The van der Waals surface area contributed by atoms with Crippen molar-refractivity contribution >= 4 is 17.5 Å². The molecule has 0 radical (unpaired) electrons. The van der Waals surface area contributed by atoms with E-state index in [2.05, 4.69) is 5.32 Å². The molecule has 0 aromatic rings. The van der Waals surface area contributed by atoms with E-state index in [1.165, 1.54) is 0 Å². The van der Waals surface area contributed by atoms with Crippen LogP contribution in [0.4, 0.5) is 0 Å². The van der Waals surface area contributed by atoms with E-state index in [0.717, 1.165) is 38.5 Å². The molecule has 15 heavy (non-hydrogen) atoms. The molecular formula is C11H20ClNO2. The van der Waals surface area contributed by atoms with Crippen LogP contribution in [0.1, 0.15) is 44.9 Å².